The van der Waals surface area contributed by atoms with Gasteiger partial charge in [0, 0.05) is 18.2 Å². The van der Waals surface area contributed by atoms with Crippen molar-refractivity contribution >= 4 is 33.1 Å². The van der Waals surface area contributed by atoms with Gasteiger partial charge in [-0.2, -0.15) is 0 Å². The van der Waals surface area contributed by atoms with Gasteiger partial charge in [0.15, 0.2) is 0 Å². The fourth-order valence-corrected chi connectivity index (χ4v) is 4.69. The van der Waals surface area contributed by atoms with E-state index in [-0.39, 0.29) is 5.91 Å². The number of benzene rings is 1. The largest absolute Gasteiger partial charge is 0.494 e. The molecule has 27 heavy (non-hydrogen) atoms. The normalized spacial score (nSPS) is 19.8. The smallest absolute Gasteiger partial charge is 0.274 e. The number of nitrogens with one attached hydrogen (secondary N) is 1. The van der Waals surface area contributed by atoms with Crippen molar-refractivity contribution in [3.8, 4) is 5.75 Å². The van der Waals surface area contributed by atoms with E-state index in [0.717, 1.165) is 16.1 Å². The number of fused-ring (bicyclic) bond motifs is 1. The Morgan fingerprint density at radius 3 is 2.78 bits per heavy atom. The molecule has 3 aromatic rings. The van der Waals surface area contributed by atoms with E-state index in [0.29, 0.717) is 23.0 Å². The van der Waals surface area contributed by atoms with Gasteiger partial charge in [0.2, 0.25) is 0 Å². The van der Waals surface area contributed by atoms with Crippen LogP contribution in [0.4, 0.5) is 5.69 Å². The zero-order valence-electron chi connectivity index (χ0n) is 15.4. The molecule has 0 atom stereocenters. The number of ether oxygens (including phenoxy) is 1. The first-order valence-corrected chi connectivity index (χ1v) is 10.0. The molecule has 0 aliphatic heterocycles. The van der Waals surface area contributed by atoms with Crippen molar-refractivity contribution in [1.82, 2.24) is 15.0 Å². The van der Waals surface area contributed by atoms with E-state index in [1.54, 1.807) is 30.7 Å². The molecular formula is C20H22N4O2S. The first kappa shape index (κ1) is 17.9. The maximum Gasteiger partial charge on any atom is 0.274 e. The van der Waals surface area contributed by atoms with Gasteiger partial charge in [-0.25, -0.2) is 15.0 Å². The number of thiazole rings is 1. The molecule has 1 fully saturated rings. The van der Waals surface area contributed by atoms with E-state index in [2.05, 4.69) is 22.2 Å². The number of hydrogen-bond donors (Lipinski definition) is 1. The van der Waals surface area contributed by atoms with E-state index in [9.17, 15) is 4.79 Å². The predicted octanol–water partition coefficient (Wildman–Crippen LogP) is 4.64. The number of rotatable bonds is 4. The van der Waals surface area contributed by atoms with Crippen molar-refractivity contribution in [2.45, 2.75) is 38.5 Å². The second-order valence-electron chi connectivity index (χ2n) is 7.08. The van der Waals surface area contributed by atoms with Gasteiger partial charge in [0.1, 0.15) is 17.8 Å². The lowest BCUT2D eigenvalue weighted by atomic mass is 9.83. The Kier molecular flexibility index (Phi) is 5.03. The molecule has 0 unspecified atom stereocenters. The van der Waals surface area contributed by atoms with E-state index >= 15 is 0 Å². The van der Waals surface area contributed by atoms with Crippen LogP contribution < -0.4 is 10.1 Å². The lowest BCUT2D eigenvalue weighted by molar-refractivity contribution is 0.102. The first-order chi connectivity index (χ1) is 13.1. The van der Waals surface area contributed by atoms with Gasteiger partial charge >= 0.3 is 0 Å². The third-order valence-corrected chi connectivity index (χ3v) is 6.33. The summed E-state index contributed by atoms with van der Waals surface area (Å²) in [5.41, 5.74) is 1.86. The Labute approximate surface area is 162 Å². The Bertz CT molecular complexity index is 949. The third kappa shape index (κ3) is 3.78. The molecule has 7 heteroatoms. The summed E-state index contributed by atoms with van der Waals surface area (Å²) in [4.78, 5) is 25.1. The van der Waals surface area contributed by atoms with Gasteiger partial charge in [-0.3, -0.25) is 4.79 Å². The fraction of sp³-hybridized carbons (Fsp3) is 0.400. The molecule has 4 rings (SSSR count). The van der Waals surface area contributed by atoms with E-state index < -0.39 is 0 Å². The van der Waals surface area contributed by atoms with Crippen LogP contribution in [0.2, 0.25) is 0 Å². The van der Waals surface area contributed by atoms with Crippen molar-refractivity contribution in [2.75, 3.05) is 12.4 Å². The molecule has 6 nitrogen and oxygen atoms in total. The van der Waals surface area contributed by atoms with Crippen molar-refractivity contribution < 1.29 is 9.53 Å². The second-order valence-corrected chi connectivity index (χ2v) is 8.14. The van der Waals surface area contributed by atoms with Crippen LogP contribution in [-0.4, -0.2) is 28.0 Å². The first-order valence-electron chi connectivity index (χ1n) is 9.20. The van der Waals surface area contributed by atoms with Crippen molar-refractivity contribution in [2.24, 2.45) is 5.92 Å². The zero-order valence-corrected chi connectivity index (χ0v) is 16.3. The Morgan fingerprint density at radius 2 is 2.07 bits per heavy atom. The summed E-state index contributed by atoms with van der Waals surface area (Å²) in [6.45, 7) is 2.33. The van der Waals surface area contributed by atoms with Crippen LogP contribution in [-0.2, 0) is 0 Å². The number of hydrogen-bond acceptors (Lipinski definition) is 6. The minimum absolute atomic E-state index is 0.291. The standard InChI is InChI=1S/C20H22N4O2S/c1-12-3-5-13(6-4-12)20-24-16-9-17(26-2)15(10-18(16)27-20)23-19(25)14-7-8-21-11-22-14/h7-13H,3-6H2,1-2H3,(H,23,25)/t12-,13-. The summed E-state index contributed by atoms with van der Waals surface area (Å²) in [5.74, 6) is 1.67. The highest BCUT2D eigenvalue weighted by molar-refractivity contribution is 7.18. The number of carbonyl (C=O) groups is 1. The molecule has 2 aromatic heterocycles. The summed E-state index contributed by atoms with van der Waals surface area (Å²) < 4.78 is 6.53. The van der Waals surface area contributed by atoms with Crippen LogP contribution in [0.15, 0.2) is 30.7 Å². The molecule has 1 N–H and O–H groups in total. The molecule has 0 saturated heterocycles. The summed E-state index contributed by atoms with van der Waals surface area (Å²) in [7, 11) is 1.59. The number of methoxy groups -OCH3 is 1. The molecule has 2 heterocycles. The second kappa shape index (κ2) is 7.60. The molecule has 1 aliphatic rings. The van der Waals surface area contributed by atoms with Crippen LogP contribution in [0.3, 0.4) is 0 Å². The van der Waals surface area contributed by atoms with Crippen molar-refractivity contribution in [3.05, 3.63) is 41.4 Å². The van der Waals surface area contributed by atoms with Crippen molar-refractivity contribution in [1.29, 1.82) is 0 Å². The lowest BCUT2D eigenvalue weighted by Gasteiger charge is -2.24. The van der Waals surface area contributed by atoms with Gasteiger partial charge in [-0.05, 0) is 30.9 Å². The molecule has 0 bridgehead atoms. The van der Waals surface area contributed by atoms with Gasteiger partial charge in [-0.15, -0.1) is 11.3 Å². The van der Waals surface area contributed by atoms with E-state index in [1.807, 2.05) is 12.1 Å². The molecule has 140 valence electrons. The number of nitrogens with zero attached hydrogens (tertiary/aromatic N) is 3. The average Bonchev–Trinajstić information content (AvgIpc) is 3.11. The summed E-state index contributed by atoms with van der Waals surface area (Å²) in [6, 6.07) is 5.42. The maximum absolute atomic E-state index is 12.4. The minimum Gasteiger partial charge on any atom is -0.494 e. The Morgan fingerprint density at radius 1 is 1.26 bits per heavy atom. The van der Waals surface area contributed by atoms with Gasteiger partial charge in [0.05, 0.1) is 28.0 Å². The highest BCUT2D eigenvalue weighted by atomic mass is 32.1. The van der Waals surface area contributed by atoms with Crippen molar-refractivity contribution in [3.63, 3.8) is 0 Å². The number of anilines is 1. The molecule has 1 aliphatic carbocycles. The number of carbonyl (C=O) groups excluding carboxylic acids is 1. The van der Waals surface area contributed by atoms with Gasteiger partial charge in [-0.1, -0.05) is 19.8 Å². The monoisotopic (exact) mass is 382 g/mol. The summed E-state index contributed by atoms with van der Waals surface area (Å²) in [6.07, 6.45) is 7.85. The van der Waals surface area contributed by atoms with Crippen LogP contribution >= 0.6 is 11.3 Å². The zero-order chi connectivity index (χ0) is 18.8. The Balaban J connectivity index is 1.62. The highest BCUT2D eigenvalue weighted by Gasteiger charge is 2.23. The summed E-state index contributed by atoms with van der Waals surface area (Å²) in [5, 5.41) is 4.08. The van der Waals surface area contributed by atoms with Gasteiger partial charge in [0.25, 0.3) is 5.91 Å². The number of aromatic nitrogens is 3. The average molecular weight is 382 g/mol. The van der Waals surface area contributed by atoms with Crippen LogP contribution in [0.1, 0.15) is 54.0 Å². The molecular weight excluding hydrogens is 360 g/mol. The quantitative estimate of drug-likeness (QED) is 0.711. The SMILES string of the molecule is COc1cc2nc([C@H]3CC[C@H](C)CC3)sc2cc1NC(=O)c1ccncn1. The van der Waals surface area contributed by atoms with E-state index in [1.165, 1.54) is 37.0 Å². The summed E-state index contributed by atoms with van der Waals surface area (Å²) >= 11 is 1.72. The molecule has 1 saturated carbocycles. The minimum atomic E-state index is -0.291. The van der Waals surface area contributed by atoms with Crippen LogP contribution in [0.25, 0.3) is 10.2 Å². The van der Waals surface area contributed by atoms with E-state index in [4.69, 9.17) is 9.72 Å². The lowest BCUT2D eigenvalue weighted by Crippen LogP contribution is -2.14. The van der Waals surface area contributed by atoms with Gasteiger partial charge < -0.3 is 10.1 Å². The van der Waals surface area contributed by atoms with Crippen LogP contribution in [0, 0.1) is 5.92 Å². The third-order valence-electron chi connectivity index (χ3n) is 5.15. The van der Waals surface area contributed by atoms with Crippen LogP contribution in [0.5, 0.6) is 5.75 Å². The topological polar surface area (TPSA) is 77.0 Å². The number of amides is 1. The molecule has 0 spiro atoms. The molecule has 1 aromatic carbocycles. The Hall–Kier alpha value is -2.54. The maximum atomic E-state index is 12.4. The predicted molar refractivity (Wildman–Crippen MR) is 107 cm³/mol. The molecule has 0 radical (unpaired) electrons. The fourth-order valence-electron chi connectivity index (χ4n) is 3.53. The molecule has 1 amide bonds. The highest BCUT2D eigenvalue weighted by Crippen LogP contribution is 2.40.